The lowest BCUT2D eigenvalue weighted by Gasteiger charge is -1.77. The molecule has 0 radical (unpaired) electrons. The van der Waals surface area contributed by atoms with E-state index in [0.717, 1.165) is 6.54 Å². The zero-order valence-electron chi connectivity index (χ0n) is 3.24. The van der Waals surface area contributed by atoms with E-state index in [1.54, 1.807) is 0 Å². The molecule has 0 aliphatic carbocycles. The summed E-state index contributed by atoms with van der Waals surface area (Å²) in [6.07, 6.45) is 0. The molecule has 0 bridgehead atoms. The molecule has 3 heteroatoms. The Labute approximate surface area is 30.9 Å². The van der Waals surface area contributed by atoms with Crippen LogP contribution >= 0.6 is 0 Å². The summed E-state index contributed by atoms with van der Waals surface area (Å²) in [5.74, 6) is 3.14. The summed E-state index contributed by atoms with van der Waals surface area (Å²) < 4.78 is 0. The molecule has 0 atom stereocenters. The largest absolute Gasteiger partial charge is 0.355 e. The molecule has 0 rings (SSSR count). The Balaban J connectivity index is 2.19. The average molecular weight is 78.1 g/mol. The highest BCUT2D eigenvalue weighted by Crippen LogP contribution is 1.41. The first kappa shape index (κ1) is 4.88. The maximum atomic E-state index is 4.38. The minimum atomic E-state index is 0.667. The Morgan fingerprint density at radius 3 is 2.20 bits per heavy atom. The Morgan fingerprint density at radius 1 is 1.60 bits per heavy atom. The maximum absolute atomic E-state index is 4.38. The summed E-state index contributed by atoms with van der Waals surface area (Å²) in [5, 5.41) is 0. The van der Waals surface area contributed by atoms with Crippen LogP contribution < -0.4 is 11.6 Å². The number of hydrogen-bond donors (Lipinski definition) is 2. The van der Waals surface area contributed by atoms with Crippen molar-refractivity contribution in [3.05, 3.63) is 0 Å². The van der Waals surface area contributed by atoms with Gasteiger partial charge in [-0.2, -0.15) is 0 Å². The first-order chi connectivity index (χ1) is 2.41. The molecule has 5 heavy (non-hydrogen) atoms. The van der Waals surface area contributed by atoms with Gasteiger partial charge in [0, 0.05) is 0 Å². The van der Waals surface area contributed by atoms with Crippen LogP contribution in [0.25, 0.3) is 0 Å². The molecule has 32 valence electrons. The summed E-state index contributed by atoms with van der Waals surface area (Å²) in [6, 6.07) is 0. The Bertz CT molecular complexity index is 15.1. The summed E-state index contributed by atoms with van der Waals surface area (Å²) >= 11 is 0. The first-order valence-electron chi connectivity index (χ1n) is 1.58. The van der Waals surface area contributed by atoms with Gasteiger partial charge in [0.2, 0.25) is 0 Å². The molecule has 0 aliphatic rings. The quantitative estimate of drug-likeness (QED) is 0.349. The molecule has 0 aliphatic heterocycles. The molecular weight excluding hydrogens is 68.0 g/mol. The second-order valence-electron chi connectivity index (χ2n) is 0.762. The van der Waals surface area contributed by atoms with E-state index in [2.05, 4.69) is 16.5 Å². The topological polar surface area (TPSA) is 64.5 Å². The van der Waals surface area contributed by atoms with Crippen LogP contribution in [-0.4, -0.2) is 13.2 Å². The molecule has 0 saturated carbocycles. The van der Waals surface area contributed by atoms with Crippen molar-refractivity contribution in [3.8, 4) is 0 Å². The second kappa shape index (κ2) is 3.88. The fraction of sp³-hybridized carbons (Fsp3) is 1.00. The van der Waals surface area contributed by atoms with Crippen LogP contribution in [0.4, 0.5) is 0 Å². The molecule has 0 aromatic carbocycles. The minimum absolute atomic E-state index is 0.667. The van der Waals surface area contributed by atoms with Crippen LogP contribution in [-0.2, 0) is 4.84 Å². The lowest BCUT2D eigenvalue weighted by molar-refractivity contribution is -0.694. The fourth-order valence-corrected chi connectivity index (χ4v) is 0.102. The van der Waals surface area contributed by atoms with Crippen molar-refractivity contribution >= 4 is 0 Å². The van der Waals surface area contributed by atoms with Gasteiger partial charge in [-0.3, -0.25) is 0 Å². The normalized spacial score (nSPS) is 8.40. The molecule has 0 heterocycles. The lowest BCUT2D eigenvalue weighted by atomic mass is 10.8. The third-order valence-electron chi connectivity index (χ3n) is 0.289. The van der Waals surface area contributed by atoms with Crippen LogP contribution in [0, 0.1) is 0 Å². The van der Waals surface area contributed by atoms with Crippen molar-refractivity contribution in [1.29, 1.82) is 0 Å². The van der Waals surface area contributed by atoms with Crippen LogP contribution in [0.1, 0.15) is 0 Å². The number of rotatable bonds is 2. The van der Waals surface area contributed by atoms with Crippen molar-refractivity contribution in [3.63, 3.8) is 0 Å². The van der Waals surface area contributed by atoms with Gasteiger partial charge in [-0.15, -0.1) is 0 Å². The third kappa shape index (κ3) is 3.88. The molecule has 0 unspecified atom stereocenters. The second-order valence-corrected chi connectivity index (χ2v) is 0.762. The van der Waals surface area contributed by atoms with Crippen molar-refractivity contribution in [2.24, 2.45) is 0 Å². The summed E-state index contributed by atoms with van der Waals surface area (Å²) in [7, 11) is 0. The summed E-state index contributed by atoms with van der Waals surface area (Å²) in [5.41, 5.74) is 3.51. The molecule has 6 N–H and O–H groups in total. The van der Waals surface area contributed by atoms with Gasteiger partial charge in [-0.05, 0) is 0 Å². The monoisotopic (exact) mass is 78.1 g/mol. The molecule has 0 fully saturated rings. The van der Waals surface area contributed by atoms with E-state index in [0.29, 0.717) is 6.61 Å². The number of quaternary nitrogens is 2. The standard InChI is InChI=1S/C2H9N2O/c3-1-2-5-4/h1-3H2,4H3/q+1/p+1. The molecule has 0 aromatic rings. The zero-order valence-corrected chi connectivity index (χ0v) is 3.24. The van der Waals surface area contributed by atoms with Crippen LogP contribution in [0.5, 0.6) is 0 Å². The Kier molecular flexibility index (Phi) is 3.79. The predicted octanol–water partition coefficient (Wildman–Crippen LogP) is -2.60. The molecule has 0 spiro atoms. The van der Waals surface area contributed by atoms with Gasteiger partial charge >= 0.3 is 0 Å². The third-order valence-corrected chi connectivity index (χ3v) is 0.289. The van der Waals surface area contributed by atoms with Gasteiger partial charge in [0.15, 0.2) is 6.61 Å². The first-order valence-corrected chi connectivity index (χ1v) is 1.58. The Morgan fingerprint density at radius 2 is 2.20 bits per heavy atom. The molecule has 0 saturated heterocycles. The van der Waals surface area contributed by atoms with Gasteiger partial charge in [0.1, 0.15) is 6.54 Å². The summed E-state index contributed by atoms with van der Waals surface area (Å²) in [4.78, 5) is 4.38. The maximum Gasteiger partial charge on any atom is 0.154 e. The van der Waals surface area contributed by atoms with Crippen LogP contribution in [0.15, 0.2) is 0 Å². The highest BCUT2D eigenvalue weighted by molar-refractivity contribution is 4.06. The highest BCUT2D eigenvalue weighted by Gasteiger charge is 1.73. The van der Waals surface area contributed by atoms with E-state index in [9.17, 15) is 0 Å². The van der Waals surface area contributed by atoms with E-state index in [4.69, 9.17) is 0 Å². The number of hydrogen-bond acceptors (Lipinski definition) is 1. The van der Waals surface area contributed by atoms with Gasteiger partial charge in [-0.25, -0.2) is 10.7 Å². The summed E-state index contributed by atoms with van der Waals surface area (Å²) in [6.45, 7) is 1.48. The lowest BCUT2D eigenvalue weighted by Crippen LogP contribution is -2.58. The van der Waals surface area contributed by atoms with Gasteiger partial charge < -0.3 is 5.73 Å². The molecule has 3 nitrogen and oxygen atoms in total. The van der Waals surface area contributed by atoms with E-state index >= 15 is 0 Å². The smallest absolute Gasteiger partial charge is 0.154 e. The van der Waals surface area contributed by atoms with Gasteiger partial charge in [0.05, 0.1) is 0 Å². The zero-order chi connectivity index (χ0) is 4.12. The van der Waals surface area contributed by atoms with E-state index in [1.807, 2.05) is 0 Å². The molecular formula is C2H10N2O+2. The Hall–Kier alpha value is -0.120. The van der Waals surface area contributed by atoms with E-state index in [-0.39, 0.29) is 0 Å². The van der Waals surface area contributed by atoms with Crippen molar-refractivity contribution in [1.82, 2.24) is 0 Å². The van der Waals surface area contributed by atoms with Crippen molar-refractivity contribution in [2.45, 2.75) is 0 Å². The van der Waals surface area contributed by atoms with Crippen LogP contribution in [0.2, 0.25) is 0 Å². The average Bonchev–Trinajstić information content (AvgIpc) is 1.41. The molecule has 0 amide bonds. The SMILES string of the molecule is [NH3+]CCO[NH3+]. The minimum Gasteiger partial charge on any atom is -0.355 e. The van der Waals surface area contributed by atoms with Crippen LogP contribution in [0.3, 0.4) is 0 Å². The van der Waals surface area contributed by atoms with Crippen molar-refractivity contribution < 1.29 is 16.5 Å². The highest BCUT2D eigenvalue weighted by atomic mass is 16.6. The van der Waals surface area contributed by atoms with Gasteiger partial charge in [-0.1, -0.05) is 0 Å². The van der Waals surface area contributed by atoms with Gasteiger partial charge in [0.25, 0.3) is 0 Å². The van der Waals surface area contributed by atoms with E-state index < -0.39 is 0 Å². The fourth-order valence-electron chi connectivity index (χ4n) is 0.102. The predicted molar refractivity (Wildman–Crippen MR) is 16.6 cm³/mol. The van der Waals surface area contributed by atoms with Crippen molar-refractivity contribution in [2.75, 3.05) is 13.2 Å². The molecule has 0 aromatic heterocycles. The van der Waals surface area contributed by atoms with E-state index in [1.165, 1.54) is 0 Å².